The molecule has 2 aliphatic heterocycles. The van der Waals surface area contributed by atoms with Crippen LogP contribution in [-0.4, -0.2) is 29.7 Å². The van der Waals surface area contributed by atoms with Crippen LogP contribution in [0, 0.1) is 11.3 Å². The molecule has 2 heterocycles. The lowest BCUT2D eigenvalue weighted by molar-refractivity contribution is 0.323. The summed E-state index contributed by atoms with van der Waals surface area (Å²) in [4.78, 5) is -0.0906. The molecule has 0 aliphatic carbocycles. The molecule has 9 nitrogen and oxygen atoms in total. The Hall–Kier alpha value is -4.62. The van der Waals surface area contributed by atoms with Crippen molar-refractivity contribution < 1.29 is 27.4 Å². The Morgan fingerprint density at radius 1 is 0.974 bits per heavy atom. The Kier molecular flexibility index (Phi) is 6.38. The number of nitriles is 1. The summed E-state index contributed by atoms with van der Waals surface area (Å²) in [5.74, 6) is -0.235. The molecule has 0 fully saturated rings. The van der Waals surface area contributed by atoms with Crippen molar-refractivity contribution in [3.05, 3.63) is 99.8 Å². The standard InChI is InChI=1S/C28H25N3O6S/c1-34-22-13-18(14-23(35-2)26(22)36-3)24-20(15-29)28(30)37-25-19-11-7-8-12-21(19)31(38(32,33)27(24)25)16-17-9-5-4-6-10-17/h4-14,24H,16,30H2,1-3H3/t24-/m1/s1. The Labute approximate surface area is 221 Å². The van der Waals surface area contributed by atoms with Gasteiger partial charge in [0.15, 0.2) is 17.3 Å². The number of allylic oxidation sites excluding steroid dienone is 2. The quantitative estimate of drug-likeness (QED) is 0.501. The highest BCUT2D eigenvalue weighted by Crippen LogP contribution is 2.53. The van der Waals surface area contributed by atoms with Gasteiger partial charge in [-0.1, -0.05) is 42.5 Å². The minimum atomic E-state index is -4.22. The average molecular weight is 532 g/mol. The van der Waals surface area contributed by atoms with Crippen molar-refractivity contribution in [1.29, 1.82) is 5.26 Å². The van der Waals surface area contributed by atoms with Crippen molar-refractivity contribution in [3.8, 4) is 23.3 Å². The second-order valence-corrected chi connectivity index (χ2v) is 10.4. The molecule has 1 atom stereocenters. The van der Waals surface area contributed by atoms with E-state index in [0.29, 0.717) is 34.1 Å². The van der Waals surface area contributed by atoms with Crippen LogP contribution in [-0.2, 0) is 21.3 Å². The summed E-state index contributed by atoms with van der Waals surface area (Å²) < 4.78 is 52.5. The van der Waals surface area contributed by atoms with Crippen molar-refractivity contribution in [2.45, 2.75) is 12.5 Å². The van der Waals surface area contributed by atoms with Gasteiger partial charge in [0.1, 0.15) is 16.5 Å². The van der Waals surface area contributed by atoms with Crippen molar-refractivity contribution in [2.75, 3.05) is 25.6 Å². The van der Waals surface area contributed by atoms with Crippen LogP contribution in [0.25, 0.3) is 5.76 Å². The zero-order valence-electron chi connectivity index (χ0n) is 21.0. The van der Waals surface area contributed by atoms with Crippen molar-refractivity contribution >= 4 is 21.5 Å². The molecule has 0 radical (unpaired) electrons. The maximum atomic E-state index is 14.4. The third kappa shape index (κ3) is 3.88. The second-order valence-electron chi connectivity index (χ2n) is 8.59. The van der Waals surface area contributed by atoms with Crippen LogP contribution >= 0.6 is 0 Å². The molecule has 3 aromatic rings. The molecule has 0 amide bonds. The predicted octanol–water partition coefficient (Wildman–Crippen LogP) is 4.24. The number of nitrogens with two attached hydrogens (primary N) is 1. The van der Waals surface area contributed by atoms with Gasteiger partial charge in [-0.25, -0.2) is 8.42 Å². The minimum absolute atomic E-state index is 0.0411. The number of rotatable bonds is 6. The molecule has 3 aromatic carbocycles. The fourth-order valence-corrected chi connectivity index (χ4v) is 6.74. The number of methoxy groups -OCH3 is 3. The van der Waals surface area contributed by atoms with Crippen LogP contribution in [0.1, 0.15) is 22.6 Å². The van der Waals surface area contributed by atoms with E-state index < -0.39 is 15.9 Å². The minimum Gasteiger partial charge on any atom is -0.493 e. The van der Waals surface area contributed by atoms with E-state index >= 15 is 0 Å². The predicted molar refractivity (Wildman–Crippen MR) is 142 cm³/mol. The Balaban J connectivity index is 1.79. The summed E-state index contributed by atoms with van der Waals surface area (Å²) in [6.45, 7) is 0.0834. The topological polar surface area (TPSA) is 124 Å². The van der Waals surface area contributed by atoms with E-state index in [-0.39, 0.29) is 28.7 Å². The van der Waals surface area contributed by atoms with Crippen molar-refractivity contribution in [2.24, 2.45) is 5.73 Å². The lowest BCUT2D eigenvalue weighted by Gasteiger charge is -2.38. The number of fused-ring (bicyclic) bond motifs is 2. The highest BCUT2D eigenvalue weighted by Gasteiger charge is 2.47. The van der Waals surface area contributed by atoms with Gasteiger partial charge < -0.3 is 24.7 Å². The third-order valence-corrected chi connectivity index (χ3v) is 8.43. The number of nitrogens with zero attached hydrogens (tertiary/aromatic N) is 2. The van der Waals surface area contributed by atoms with Crippen LogP contribution < -0.4 is 24.2 Å². The highest BCUT2D eigenvalue weighted by molar-refractivity contribution is 7.96. The number of sulfonamides is 1. The SMILES string of the molecule is COc1cc([C@@H]2C(C#N)=C(N)OC3=C2S(=O)(=O)N(Cc2ccccc2)c2ccccc23)cc(OC)c1OC. The molecular weight excluding hydrogens is 506 g/mol. The Morgan fingerprint density at radius 3 is 2.21 bits per heavy atom. The van der Waals surface area contributed by atoms with Gasteiger partial charge in [-0.2, -0.15) is 5.26 Å². The first-order valence-corrected chi connectivity index (χ1v) is 13.1. The lowest BCUT2D eigenvalue weighted by atomic mass is 9.87. The summed E-state index contributed by atoms with van der Waals surface area (Å²) in [5.41, 5.74) is 8.40. The van der Waals surface area contributed by atoms with E-state index in [9.17, 15) is 13.7 Å². The summed E-state index contributed by atoms with van der Waals surface area (Å²) in [6.07, 6.45) is 0. The summed E-state index contributed by atoms with van der Waals surface area (Å²) in [7, 11) is 0.167. The number of benzene rings is 3. The molecule has 0 saturated heterocycles. The van der Waals surface area contributed by atoms with Gasteiger partial charge in [-0.15, -0.1) is 0 Å². The molecule has 2 N–H and O–H groups in total. The van der Waals surface area contributed by atoms with E-state index in [1.54, 1.807) is 36.4 Å². The number of hydrogen-bond donors (Lipinski definition) is 1. The molecule has 194 valence electrons. The summed E-state index contributed by atoms with van der Waals surface area (Å²) in [6, 6.07) is 21.6. The first kappa shape index (κ1) is 25.0. The number of ether oxygens (including phenoxy) is 4. The van der Waals surface area contributed by atoms with E-state index in [1.165, 1.54) is 25.6 Å². The first-order chi connectivity index (χ1) is 18.3. The molecule has 0 aromatic heterocycles. The molecule has 2 aliphatic rings. The normalized spacial score (nSPS) is 17.6. The molecule has 0 bridgehead atoms. The van der Waals surface area contributed by atoms with Crippen LogP contribution in [0.5, 0.6) is 17.2 Å². The summed E-state index contributed by atoms with van der Waals surface area (Å²) >= 11 is 0. The Morgan fingerprint density at radius 2 is 1.61 bits per heavy atom. The van der Waals surface area contributed by atoms with E-state index in [0.717, 1.165) is 5.56 Å². The maximum Gasteiger partial charge on any atom is 0.265 e. The molecule has 0 spiro atoms. The van der Waals surface area contributed by atoms with Gasteiger partial charge in [-0.3, -0.25) is 4.31 Å². The molecule has 5 rings (SSSR count). The fourth-order valence-electron chi connectivity index (χ4n) is 4.83. The number of para-hydroxylation sites is 1. The van der Waals surface area contributed by atoms with Gasteiger partial charge in [0, 0.05) is 5.56 Å². The zero-order valence-corrected chi connectivity index (χ0v) is 21.8. The highest BCUT2D eigenvalue weighted by atomic mass is 32.2. The van der Waals surface area contributed by atoms with Gasteiger partial charge >= 0.3 is 0 Å². The molecule has 0 saturated carbocycles. The molecule has 10 heteroatoms. The monoisotopic (exact) mass is 531 g/mol. The Bertz CT molecular complexity index is 1600. The van der Waals surface area contributed by atoms with Crippen LogP contribution in [0.2, 0.25) is 0 Å². The zero-order chi connectivity index (χ0) is 27.0. The lowest BCUT2D eigenvalue weighted by Crippen LogP contribution is -2.39. The van der Waals surface area contributed by atoms with Crippen molar-refractivity contribution in [3.63, 3.8) is 0 Å². The van der Waals surface area contributed by atoms with Crippen LogP contribution in [0.3, 0.4) is 0 Å². The smallest absolute Gasteiger partial charge is 0.265 e. The number of hydrogen-bond acceptors (Lipinski definition) is 8. The van der Waals surface area contributed by atoms with E-state index in [1.807, 2.05) is 30.3 Å². The molecule has 38 heavy (non-hydrogen) atoms. The van der Waals surface area contributed by atoms with Crippen molar-refractivity contribution in [1.82, 2.24) is 0 Å². The second kappa shape index (κ2) is 9.68. The number of anilines is 1. The summed E-state index contributed by atoms with van der Waals surface area (Å²) in [5, 5.41) is 10.1. The fraction of sp³-hybridized carbons (Fsp3) is 0.179. The van der Waals surface area contributed by atoms with E-state index in [2.05, 4.69) is 6.07 Å². The largest absolute Gasteiger partial charge is 0.493 e. The average Bonchev–Trinajstić information content (AvgIpc) is 2.94. The van der Waals surface area contributed by atoms with Gasteiger partial charge in [0.05, 0.1) is 39.5 Å². The van der Waals surface area contributed by atoms with Crippen LogP contribution in [0.15, 0.2) is 83.1 Å². The molecule has 0 unspecified atom stereocenters. The third-order valence-electron chi connectivity index (χ3n) is 6.55. The maximum absolute atomic E-state index is 14.4. The van der Waals surface area contributed by atoms with Gasteiger partial charge in [0.2, 0.25) is 11.6 Å². The van der Waals surface area contributed by atoms with Crippen LogP contribution in [0.4, 0.5) is 5.69 Å². The van der Waals surface area contributed by atoms with Gasteiger partial charge in [0.25, 0.3) is 10.0 Å². The van der Waals surface area contributed by atoms with Gasteiger partial charge in [-0.05, 0) is 35.4 Å². The molecular formula is C28H25N3O6S. The van der Waals surface area contributed by atoms with E-state index in [4.69, 9.17) is 24.7 Å². The first-order valence-electron chi connectivity index (χ1n) is 11.6.